The summed E-state index contributed by atoms with van der Waals surface area (Å²) in [4.78, 5) is 11.7. The minimum absolute atomic E-state index is 0.574. The average Bonchev–Trinajstić information content (AvgIpc) is 3.31. The Morgan fingerprint density at radius 1 is 1.00 bits per heavy atom. The zero-order valence-electron chi connectivity index (χ0n) is 12.1. The number of hydrogen-bond donors (Lipinski definition) is 1. The minimum Gasteiger partial charge on any atom is -0.384 e. The zero-order valence-corrected chi connectivity index (χ0v) is 12.1. The Kier molecular flexibility index (Phi) is 3.04. The third-order valence-corrected chi connectivity index (χ3v) is 5.31. The van der Waals surface area contributed by atoms with Crippen LogP contribution in [0.2, 0.25) is 0 Å². The summed E-state index contributed by atoms with van der Waals surface area (Å²) in [7, 11) is 0. The van der Waals surface area contributed by atoms with Crippen LogP contribution in [-0.4, -0.2) is 23.1 Å². The predicted molar refractivity (Wildman–Crippen MR) is 80.7 cm³/mol. The van der Waals surface area contributed by atoms with Gasteiger partial charge in [-0.2, -0.15) is 0 Å². The van der Waals surface area contributed by atoms with E-state index in [-0.39, 0.29) is 0 Å². The van der Waals surface area contributed by atoms with Crippen molar-refractivity contribution in [2.24, 2.45) is 11.8 Å². The number of hydrogen-bond acceptors (Lipinski definition) is 4. The van der Waals surface area contributed by atoms with Gasteiger partial charge in [0, 0.05) is 25.1 Å². The van der Waals surface area contributed by atoms with Gasteiger partial charge in [-0.1, -0.05) is 19.3 Å². The molecule has 3 aliphatic rings. The molecule has 1 aromatic heterocycles. The molecule has 2 heterocycles. The third-order valence-electron chi connectivity index (χ3n) is 5.31. The first kappa shape index (κ1) is 12.4. The lowest BCUT2D eigenvalue weighted by molar-refractivity contribution is 0.202. The van der Waals surface area contributed by atoms with Crippen molar-refractivity contribution in [1.82, 2.24) is 9.97 Å². The molecular weight excluding hydrogens is 248 g/mol. The van der Waals surface area contributed by atoms with E-state index in [9.17, 15) is 0 Å². The van der Waals surface area contributed by atoms with Crippen LogP contribution >= 0.6 is 0 Å². The molecule has 2 saturated carbocycles. The van der Waals surface area contributed by atoms with Gasteiger partial charge in [0.05, 0.1) is 0 Å². The zero-order chi connectivity index (χ0) is 13.5. The van der Waals surface area contributed by atoms with Crippen LogP contribution in [0.3, 0.4) is 0 Å². The molecule has 3 fully saturated rings. The molecule has 1 saturated heterocycles. The van der Waals surface area contributed by atoms with E-state index in [4.69, 9.17) is 10.7 Å². The smallest absolute Gasteiger partial charge is 0.136 e. The number of anilines is 2. The lowest BCUT2D eigenvalue weighted by Gasteiger charge is -2.41. The molecule has 1 aliphatic heterocycles. The Hall–Kier alpha value is -1.32. The van der Waals surface area contributed by atoms with Crippen molar-refractivity contribution in [3.63, 3.8) is 0 Å². The molecule has 2 aliphatic carbocycles. The predicted octanol–water partition coefficient (Wildman–Crippen LogP) is 2.95. The molecule has 0 bridgehead atoms. The highest BCUT2D eigenvalue weighted by molar-refractivity contribution is 5.48. The first-order valence-corrected chi connectivity index (χ1v) is 8.19. The number of fused-ring (bicyclic) bond motifs is 1. The normalized spacial score (nSPS) is 30.1. The fourth-order valence-corrected chi connectivity index (χ4v) is 3.97. The molecule has 0 aromatic carbocycles. The van der Waals surface area contributed by atoms with Gasteiger partial charge in [0.2, 0.25) is 0 Å². The maximum Gasteiger partial charge on any atom is 0.136 e. The van der Waals surface area contributed by atoms with Gasteiger partial charge in [0.25, 0.3) is 0 Å². The lowest BCUT2D eigenvalue weighted by Crippen LogP contribution is -2.42. The number of aromatic nitrogens is 2. The highest BCUT2D eigenvalue weighted by atomic mass is 15.2. The average molecular weight is 272 g/mol. The molecule has 2 N–H and O–H groups in total. The van der Waals surface area contributed by atoms with Gasteiger partial charge in [0.1, 0.15) is 17.5 Å². The first-order chi connectivity index (χ1) is 9.79. The Labute approximate surface area is 120 Å². The Bertz CT molecular complexity index is 497. The van der Waals surface area contributed by atoms with Gasteiger partial charge < -0.3 is 10.6 Å². The van der Waals surface area contributed by atoms with E-state index in [2.05, 4.69) is 9.88 Å². The van der Waals surface area contributed by atoms with Gasteiger partial charge in [-0.3, -0.25) is 0 Å². The highest BCUT2D eigenvalue weighted by Gasteiger charge is 2.33. The van der Waals surface area contributed by atoms with Gasteiger partial charge >= 0.3 is 0 Å². The second-order valence-corrected chi connectivity index (χ2v) is 6.82. The van der Waals surface area contributed by atoms with Gasteiger partial charge in [-0.05, 0) is 37.5 Å². The van der Waals surface area contributed by atoms with Gasteiger partial charge in [-0.25, -0.2) is 9.97 Å². The quantitative estimate of drug-likeness (QED) is 0.899. The van der Waals surface area contributed by atoms with Gasteiger partial charge in [-0.15, -0.1) is 0 Å². The number of nitrogens with zero attached hydrogens (tertiary/aromatic N) is 3. The second-order valence-electron chi connectivity index (χ2n) is 6.82. The van der Waals surface area contributed by atoms with Crippen LogP contribution in [0.1, 0.15) is 56.7 Å². The highest BCUT2D eigenvalue weighted by Crippen LogP contribution is 2.40. The number of nitrogen functional groups attached to an aromatic ring is 1. The van der Waals surface area contributed by atoms with E-state index < -0.39 is 0 Å². The summed E-state index contributed by atoms with van der Waals surface area (Å²) in [5.41, 5.74) is 5.99. The van der Waals surface area contributed by atoms with Crippen molar-refractivity contribution in [2.45, 2.75) is 50.9 Å². The van der Waals surface area contributed by atoms with Crippen molar-refractivity contribution in [3.8, 4) is 0 Å². The molecule has 20 heavy (non-hydrogen) atoms. The number of piperidine rings is 1. The van der Waals surface area contributed by atoms with Crippen molar-refractivity contribution >= 4 is 11.6 Å². The lowest BCUT2D eigenvalue weighted by atomic mass is 9.75. The molecule has 108 valence electrons. The topological polar surface area (TPSA) is 55.0 Å². The van der Waals surface area contributed by atoms with Crippen LogP contribution in [0.15, 0.2) is 6.07 Å². The van der Waals surface area contributed by atoms with Crippen molar-refractivity contribution in [2.75, 3.05) is 23.7 Å². The molecule has 4 nitrogen and oxygen atoms in total. The SMILES string of the molecule is Nc1cc(N2CCC3CCCCC3C2)nc(C2CC2)n1. The second kappa shape index (κ2) is 4.90. The molecule has 4 heteroatoms. The van der Waals surface area contributed by atoms with Crippen LogP contribution in [0.25, 0.3) is 0 Å². The van der Waals surface area contributed by atoms with E-state index in [1.165, 1.54) is 51.5 Å². The van der Waals surface area contributed by atoms with E-state index in [1.54, 1.807) is 0 Å². The van der Waals surface area contributed by atoms with E-state index in [0.717, 1.165) is 30.0 Å². The van der Waals surface area contributed by atoms with E-state index >= 15 is 0 Å². The Balaban J connectivity index is 1.55. The summed E-state index contributed by atoms with van der Waals surface area (Å²) in [5, 5.41) is 0. The summed E-state index contributed by atoms with van der Waals surface area (Å²) >= 11 is 0. The molecule has 0 spiro atoms. The molecule has 2 unspecified atom stereocenters. The maximum atomic E-state index is 5.99. The largest absolute Gasteiger partial charge is 0.384 e. The van der Waals surface area contributed by atoms with Crippen LogP contribution in [0.5, 0.6) is 0 Å². The standard InChI is InChI=1S/C16H24N4/c17-14-9-15(19-16(18-14)12-5-6-12)20-8-7-11-3-1-2-4-13(11)10-20/h9,11-13H,1-8,10H2,(H2,17,18,19). The molecule has 2 atom stereocenters. The summed E-state index contributed by atoms with van der Waals surface area (Å²) in [5.74, 6) is 5.10. The van der Waals surface area contributed by atoms with Gasteiger partial charge in [0.15, 0.2) is 0 Å². The fraction of sp³-hybridized carbons (Fsp3) is 0.750. The van der Waals surface area contributed by atoms with Crippen molar-refractivity contribution in [3.05, 3.63) is 11.9 Å². The van der Waals surface area contributed by atoms with Crippen LogP contribution in [0.4, 0.5) is 11.6 Å². The van der Waals surface area contributed by atoms with Crippen molar-refractivity contribution < 1.29 is 0 Å². The summed E-state index contributed by atoms with van der Waals surface area (Å²) in [6, 6.07) is 1.97. The summed E-state index contributed by atoms with van der Waals surface area (Å²) < 4.78 is 0. The third kappa shape index (κ3) is 2.36. The maximum absolute atomic E-state index is 5.99. The number of rotatable bonds is 2. The van der Waals surface area contributed by atoms with Crippen molar-refractivity contribution in [1.29, 1.82) is 0 Å². The molecule has 4 rings (SSSR count). The molecule has 1 aromatic rings. The Morgan fingerprint density at radius 3 is 2.60 bits per heavy atom. The summed E-state index contributed by atoms with van der Waals surface area (Å²) in [6.07, 6.45) is 9.48. The first-order valence-electron chi connectivity index (χ1n) is 8.19. The number of nitrogens with two attached hydrogens (primary N) is 1. The molecule has 0 amide bonds. The van der Waals surface area contributed by atoms with E-state index in [0.29, 0.717) is 11.7 Å². The van der Waals surface area contributed by atoms with Crippen LogP contribution in [-0.2, 0) is 0 Å². The Morgan fingerprint density at radius 2 is 1.80 bits per heavy atom. The fourth-order valence-electron chi connectivity index (χ4n) is 3.97. The molecule has 0 radical (unpaired) electrons. The monoisotopic (exact) mass is 272 g/mol. The van der Waals surface area contributed by atoms with Crippen LogP contribution < -0.4 is 10.6 Å². The van der Waals surface area contributed by atoms with E-state index in [1.807, 2.05) is 6.07 Å². The van der Waals surface area contributed by atoms with Crippen LogP contribution in [0, 0.1) is 11.8 Å². The minimum atomic E-state index is 0.574. The summed E-state index contributed by atoms with van der Waals surface area (Å²) in [6.45, 7) is 2.31. The molecular formula is C16H24N4.